The lowest BCUT2D eigenvalue weighted by Gasteiger charge is -2.39. The Morgan fingerprint density at radius 2 is 1.71 bits per heavy atom. The molecule has 1 unspecified atom stereocenters. The van der Waals surface area contributed by atoms with Crippen LogP contribution in [-0.4, -0.2) is 105 Å². The number of aliphatic imine (C=N–C) groups is 1. The fraction of sp³-hybridized carbons (Fsp3) is 0.947. The van der Waals surface area contributed by atoms with Gasteiger partial charge in [0.15, 0.2) is 15.8 Å². The molecule has 1 atom stereocenters. The first kappa shape index (κ1) is 25.9. The van der Waals surface area contributed by atoms with Gasteiger partial charge < -0.3 is 20.0 Å². The zero-order chi connectivity index (χ0) is 20.1. The first-order chi connectivity index (χ1) is 12.7. The van der Waals surface area contributed by atoms with E-state index in [-0.39, 0.29) is 29.7 Å². The average Bonchev–Trinajstić information content (AvgIpc) is 2.61. The van der Waals surface area contributed by atoms with E-state index < -0.39 is 14.6 Å². The Morgan fingerprint density at radius 3 is 2.25 bits per heavy atom. The lowest BCUT2D eigenvalue weighted by atomic mass is 10.1. The van der Waals surface area contributed by atoms with E-state index >= 15 is 0 Å². The molecule has 2 fully saturated rings. The van der Waals surface area contributed by atoms with E-state index in [1.807, 2.05) is 13.8 Å². The number of sulfone groups is 1. The molecule has 7 nitrogen and oxygen atoms in total. The molecule has 0 bridgehead atoms. The van der Waals surface area contributed by atoms with Gasteiger partial charge in [-0.2, -0.15) is 0 Å². The van der Waals surface area contributed by atoms with Gasteiger partial charge >= 0.3 is 0 Å². The fourth-order valence-corrected chi connectivity index (χ4v) is 5.15. The van der Waals surface area contributed by atoms with Crippen molar-refractivity contribution in [2.24, 2.45) is 10.9 Å². The van der Waals surface area contributed by atoms with Crippen LogP contribution in [0.2, 0.25) is 0 Å². The van der Waals surface area contributed by atoms with Crippen molar-refractivity contribution in [3.63, 3.8) is 0 Å². The van der Waals surface area contributed by atoms with E-state index in [4.69, 9.17) is 4.99 Å². The van der Waals surface area contributed by atoms with Crippen LogP contribution in [0.15, 0.2) is 4.99 Å². The molecule has 0 saturated carbocycles. The molecule has 0 spiro atoms. The maximum Gasteiger partial charge on any atom is 0.194 e. The minimum absolute atomic E-state index is 0. The Morgan fingerprint density at radius 1 is 1.11 bits per heavy atom. The Bertz CT molecular complexity index is 603. The van der Waals surface area contributed by atoms with Crippen molar-refractivity contribution in [1.82, 2.24) is 20.0 Å². The molecule has 0 aliphatic carbocycles. The Kier molecular flexibility index (Phi) is 10.5. The van der Waals surface area contributed by atoms with Crippen molar-refractivity contribution in [3.05, 3.63) is 0 Å². The molecule has 2 rings (SSSR count). The van der Waals surface area contributed by atoms with Gasteiger partial charge in [-0.15, -0.1) is 24.0 Å². The van der Waals surface area contributed by atoms with Crippen molar-refractivity contribution in [2.45, 2.75) is 39.4 Å². The highest BCUT2D eigenvalue weighted by atomic mass is 127. The average molecular weight is 530 g/mol. The number of halogens is 1. The number of nitrogens with zero attached hydrogens (tertiary/aromatic N) is 4. The first-order valence-corrected chi connectivity index (χ1v) is 12.0. The van der Waals surface area contributed by atoms with Gasteiger partial charge in [0, 0.05) is 58.9 Å². The van der Waals surface area contributed by atoms with Crippen LogP contribution in [0.1, 0.15) is 34.6 Å². The molecule has 2 saturated heterocycles. The maximum absolute atomic E-state index is 12.3. The minimum atomic E-state index is -3.03. The first-order valence-electron chi connectivity index (χ1n) is 10.4. The highest BCUT2D eigenvalue weighted by Gasteiger charge is 2.41. The van der Waals surface area contributed by atoms with Crippen LogP contribution in [0, 0.1) is 5.92 Å². The van der Waals surface area contributed by atoms with Gasteiger partial charge in [0.1, 0.15) is 0 Å². The van der Waals surface area contributed by atoms with Crippen molar-refractivity contribution < 1.29 is 8.42 Å². The number of piperazine rings is 1. The summed E-state index contributed by atoms with van der Waals surface area (Å²) in [5, 5.41) is 3.35. The molecule has 2 aliphatic heterocycles. The predicted octanol–water partition coefficient (Wildman–Crippen LogP) is 1.35. The van der Waals surface area contributed by atoms with E-state index in [9.17, 15) is 8.42 Å². The number of hydrogen-bond donors (Lipinski definition) is 1. The summed E-state index contributed by atoms with van der Waals surface area (Å²) >= 11 is 0. The van der Waals surface area contributed by atoms with Gasteiger partial charge in [-0.05, 0) is 33.2 Å². The Hall–Kier alpha value is -0.130. The summed E-state index contributed by atoms with van der Waals surface area (Å²) in [4.78, 5) is 12.0. The summed E-state index contributed by atoms with van der Waals surface area (Å²) in [6.07, 6.45) is 0. The van der Waals surface area contributed by atoms with E-state index in [1.165, 1.54) is 0 Å². The molecule has 0 aromatic heterocycles. The Labute approximate surface area is 189 Å². The molecule has 28 heavy (non-hydrogen) atoms. The number of nitrogens with one attached hydrogen (secondary N) is 1. The summed E-state index contributed by atoms with van der Waals surface area (Å²) in [6.45, 7) is 19.5. The lowest BCUT2D eigenvalue weighted by molar-refractivity contribution is 0.125. The number of hydrogen-bond acceptors (Lipinski definition) is 5. The maximum atomic E-state index is 12.3. The third-order valence-electron chi connectivity index (χ3n) is 5.71. The third kappa shape index (κ3) is 6.98. The second-order valence-corrected chi connectivity index (χ2v) is 11.3. The minimum Gasteiger partial charge on any atom is -0.357 e. The van der Waals surface area contributed by atoms with E-state index in [2.05, 4.69) is 40.8 Å². The lowest BCUT2D eigenvalue weighted by Crippen LogP contribution is -2.57. The smallest absolute Gasteiger partial charge is 0.194 e. The molecular formula is C19H40IN5O2S. The summed E-state index contributed by atoms with van der Waals surface area (Å²) in [7, 11) is -3.03. The van der Waals surface area contributed by atoms with E-state index in [1.54, 1.807) is 0 Å². The van der Waals surface area contributed by atoms with Crippen LogP contribution in [0.5, 0.6) is 0 Å². The number of likely N-dealkylation sites (N-methyl/N-ethyl adjacent to an activating group) is 1. The number of guanidine groups is 1. The third-order valence-corrected chi connectivity index (χ3v) is 8.25. The molecular weight excluding hydrogens is 489 g/mol. The van der Waals surface area contributed by atoms with E-state index in [0.29, 0.717) is 19.0 Å². The van der Waals surface area contributed by atoms with Crippen LogP contribution in [-0.2, 0) is 9.84 Å². The van der Waals surface area contributed by atoms with E-state index in [0.717, 1.165) is 58.3 Å². The highest BCUT2D eigenvalue weighted by molar-refractivity contribution is 14.0. The zero-order valence-corrected chi connectivity index (χ0v) is 21.4. The van der Waals surface area contributed by atoms with Crippen LogP contribution >= 0.6 is 24.0 Å². The van der Waals surface area contributed by atoms with Gasteiger partial charge in [0.2, 0.25) is 0 Å². The molecule has 0 radical (unpaired) electrons. The second-order valence-electron chi connectivity index (χ2n) is 8.53. The van der Waals surface area contributed by atoms with Gasteiger partial charge in [-0.25, -0.2) is 8.42 Å². The molecule has 2 aliphatic rings. The predicted molar refractivity (Wildman–Crippen MR) is 129 cm³/mol. The molecule has 0 aromatic carbocycles. The summed E-state index contributed by atoms with van der Waals surface area (Å²) in [6, 6.07) is 0. The summed E-state index contributed by atoms with van der Waals surface area (Å²) in [5.74, 6) is 1.53. The van der Waals surface area contributed by atoms with Crippen LogP contribution in [0.25, 0.3) is 0 Å². The van der Waals surface area contributed by atoms with Crippen LogP contribution < -0.4 is 5.32 Å². The Balaban J connectivity index is 0.00000392. The largest absolute Gasteiger partial charge is 0.357 e. The molecule has 2 heterocycles. The van der Waals surface area contributed by atoms with Crippen molar-refractivity contribution >= 4 is 39.8 Å². The van der Waals surface area contributed by atoms with Gasteiger partial charge in [0.05, 0.1) is 10.5 Å². The summed E-state index contributed by atoms with van der Waals surface area (Å²) in [5.41, 5.74) is 0. The highest BCUT2D eigenvalue weighted by Crippen LogP contribution is 2.23. The van der Waals surface area contributed by atoms with Crippen LogP contribution in [0.3, 0.4) is 0 Å². The molecule has 166 valence electrons. The standard InChI is InChI=1S/C19H39N5O2S.HI/c1-6-20-18(24-12-13-27(25,26)19(4,5)16-24)21-14-17(3)15-23-10-8-22(7-2)9-11-23;/h17H,6-16H2,1-5H3,(H,20,21);1H. The zero-order valence-electron chi connectivity index (χ0n) is 18.3. The molecule has 1 N–H and O–H groups in total. The van der Waals surface area contributed by atoms with Crippen molar-refractivity contribution in [2.75, 3.05) is 71.2 Å². The van der Waals surface area contributed by atoms with Crippen molar-refractivity contribution in [1.29, 1.82) is 0 Å². The molecule has 0 aromatic rings. The quantitative estimate of drug-likeness (QED) is 0.319. The van der Waals surface area contributed by atoms with Crippen molar-refractivity contribution in [3.8, 4) is 0 Å². The fourth-order valence-electron chi connectivity index (χ4n) is 3.78. The van der Waals surface area contributed by atoms with Gasteiger partial charge in [-0.1, -0.05) is 13.8 Å². The summed E-state index contributed by atoms with van der Waals surface area (Å²) < 4.78 is 23.8. The normalized spacial score (nSPS) is 24.5. The van der Waals surface area contributed by atoms with Gasteiger partial charge in [0.25, 0.3) is 0 Å². The molecule has 9 heteroatoms. The SMILES string of the molecule is CCNC(=NCC(C)CN1CCN(CC)CC1)N1CCS(=O)(=O)C(C)(C)C1.I. The topological polar surface area (TPSA) is 68.2 Å². The molecule has 0 amide bonds. The monoisotopic (exact) mass is 529 g/mol. The second kappa shape index (κ2) is 11.3. The number of rotatable bonds is 6. The van der Waals surface area contributed by atoms with Gasteiger partial charge in [-0.3, -0.25) is 4.99 Å². The van der Waals surface area contributed by atoms with Crippen LogP contribution in [0.4, 0.5) is 0 Å².